The zero-order valence-corrected chi connectivity index (χ0v) is 12.6. The van der Waals surface area contributed by atoms with Crippen molar-refractivity contribution >= 4 is 28.4 Å². The summed E-state index contributed by atoms with van der Waals surface area (Å²) >= 11 is 5.70. The van der Waals surface area contributed by atoms with Crippen molar-refractivity contribution in [2.45, 2.75) is 13.0 Å². The summed E-state index contributed by atoms with van der Waals surface area (Å²) in [5.74, 6) is -1.08. The van der Waals surface area contributed by atoms with E-state index >= 15 is 0 Å². The molecular weight excluding hydrogens is 311 g/mol. The Balaban J connectivity index is 2.08. The second-order valence-corrected chi connectivity index (χ2v) is 5.65. The molecule has 1 N–H and O–H groups in total. The smallest absolute Gasteiger partial charge is 0.259 e. The number of rotatable bonds is 1. The topological polar surface area (TPSA) is 62.4 Å². The van der Waals surface area contributed by atoms with Gasteiger partial charge in [0.1, 0.15) is 5.56 Å². The van der Waals surface area contributed by atoms with E-state index in [0.29, 0.717) is 19.8 Å². The van der Waals surface area contributed by atoms with E-state index in [1.165, 1.54) is 18.3 Å². The van der Waals surface area contributed by atoms with Crippen molar-refractivity contribution in [3.63, 3.8) is 0 Å². The highest BCUT2D eigenvalue weighted by Crippen LogP contribution is 2.21. The second-order valence-electron chi connectivity index (χ2n) is 5.24. The van der Waals surface area contributed by atoms with Crippen LogP contribution in [-0.2, 0) is 4.74 Å². The largest absolute Gasteiger partial charge is 0.377 e. The fourth-order valence-corrected chi connectivity index (χ4v) is 2.74. The van der Waals surface area contributed by atoms with Crippen LogP contribution >= 0.6 is 11.6 Å². The Morgan fingerprint density at radius 3 is 3.00 bits per heavy atom. The lowest BCUT2D eigenvalue weighted by Crippen LogP contribution is -2.48. The summed E-state index contributed by atoms with van der Waals surface area (Å²) in [4.78, 5) is 29.3. The van der Waals surface area contributed by atoms with E-state index in [0.717, 1.165) is 0 Å². The Bertz CT molecular complexity index is 805. The number of fused-ring (bicyclic) bond motifs is 1. The van der Waals surface area contributed by atoms with Crippen LogP contribution in [0.1, 0.15) is 17.3 Å². The number of morpholine rings is 1. The van der Waals surface area contributed by atoms with Gasteiger partial charge in [0.25, 0.3) is 5.91 Å². The molecule has 1 atom stereocenters. The van der Waals surface area contributed by atoms with Gasteiger partial charge < -0.3 is 14.6 Å². The minimum Gasteiger partial charge on any atom is -0.377 e. The van der Waals surface area contributed by atoms with Gasteiger partial charge in [-0.15, -0.1) is 0 Å². The zero-order chi connectivity index (χ0) is 15.9. The lowest BCUT2D eigenvalue weighted by molar-refractivity contribution is 0.00351. The van der Waals surface area contributed by atoms with Crippen LogP contribution in [0, 0.1) is 5.82 Å². The van der Waals surface area contributed by atoms with Crippen LogP contribution in [0.2, 0.25) is 5.02 Å². The van der Waals surface area contributed by atoms with Gasteiger partial charge in [0, 0.05) is 18.1 Å². The van der Waals surface area contributed by atoms with E-state index in [1.807, 2.05) is 6.92 Å². The first kappa shape index (κ1) is 15.0. The predicted octanol–water partition coefficient (Wildman–Crippen LogP) is 2.18. The number of aromatic amines is 1. The van der Waals surface area contributed by atoms with E-state index in [-0.39, 0.29) is 33.4 Å². The van der Waals surface area contributed by atoms with Crippen LogP contribution < -0.4 is 5.43 Å². The highest BCUT2D eigenvalue weighted by atomic mass is 35.5. The first-order valence-electron chi connectivity index (χ1n) is 6.89. The molecule has 0 aliphatic carbocycles. The summed E-state index contributed by atoms with van der Waals surface area (Å²) in [5.41, 5.74) is -0.514. The van der Waals surface area contributed by atoms with E-state index in [4.69, 9.17) is 16.3 Å². The molecular formula is C15H14ClFN2O3. The minimum atomic E-state index is -0.699. The third-order valence-electron chi connectivity index (χ3n) is 3.80. The van der Waals surface area contributed by atoms with Crippen LogP contribution in [-0.4, -0.2) is 41.6 Å². The molecule has 1 aliphatic rings. The van der Waals surface area contributed by atoms with Crippen molar-refractivity contribution in [2.24, 2.45) is 0 Å². The standard InChI is InChI=1S/C15H14ClFN2O3/c1-8-7-22-5-4-19(8)15(21)10-6-18-13-9(14(10)20)2-3-11(16)12(13)17/h2-3,6,8H,4-5,7H2,1H3,(H,18,20)/t8-/m0/s1. The number of ether oxygens (including phenoxy) is 1. The molecule has 7 heteroatoms. The van der Waals surface area contributed by atoms with Crippen LogP contribution in [0.15, 0.2) is 23.1 Å². The summed E-state index contributed by atoms with van der Waals surface area (Å²) in [6, 6.07) is 2.61. The summed E-state index contributed by atoms with van der Waals surface area (Å²) < 4.78 is 19.2. The molecule has 5 nitrogen and oxygen atoms in total. The average molecular weight is 325 g/mol. The molecule has 0 saturated carbocycles. The zero-order valence-electron chi connectivity index (χ0n) is 11.9. The first-order chi connectivity index (χ1) is 10.5. The number of carbonyl (C=O) groups excluding carboxylic acids is 1. The number of halogens is 2. The number of benzene rings is 1. The number of pyridine rings is 1. The minimum absolute atomic E-state index is 0.00377. The lowest BCUT2D eigenvalue weighted by atomic mass is 10.1. The van der Waals surface area contributed by atoms with Crippen molar-refractivity contribution in [3.05, 3.63) is 45.0 Å². The summed E-state index contributed by atoms with van der Waals surface area (Å²) in [6.07, 6.45) is 1.24. The van der Waals surface area contributed by atoms with Crippen molar-refractivity contribution in [2.75, 3.05) is 19.8 Å². The van der Waals surface area contributed by atoms with E-state index in [1.54, 1.807) is 4.90 Å². The molecule has 0 spiro atoms. The molecule has 1 aromatic carbocycles. The van der Waals surface area contributed by atoms with Crippen LogP contribution in [0.3, 0.4) is 0 Å². The van der Waals surface area contributed by atoms with Gasteiger partial charge in [0.15, 0.2) is 5.82 Å². The van der Waals surface area contributed by atoms with Gasteiger partial charge in [0.05, 0.1) is 29.8 Å². The van der Waals surface area contributed by atoms with Gasteiger partial charge in [-0.05, 0) is 19.1 Å². The number of nitrogens with one attached hydrogen (secondary N) is 1. The van der Waals surface area contributed by atoms with E-state index in [2.05, 4.69) is 4.98 Å². The van der Waals surface area contributed by atoms with Crippen LogP contribution in [0.25, 0.3) is 10.9 Å². The lowest BCUT2D eigenvalue weighted by Gasteiger charge is -2.33. The number of nitrogens with zero attached hydrogens (tertiary/aromatic N) is 1. The van der Waals surface area contributed by atoms with Crippen molar-refractivity contribution < 1.29 is 13.9 Å². The molecule has 116 valence electrons. The number of hydrogen-bond donors (Lipinski definition) is 1. The van der Waals surface area contributed by atoms with E-state index in [9.17, 15) is 14.0 Å². The first-order valence-corrected chi connectivity index (χ1v) is 7.26. The molecule has 2 aromatic rings. The van der Waals surface area contributed by atoms with Crippen LogP contribution in [0.5, 0.6) is 0 Å². The van der Waals surface area contributed by atoms with E-state index < -0.39 is 11.2 Å². The maximum Gasteiger partial charge on any atom is 0.259 e. The molecule has 0 radical (unpaired) electrons. The Morgan fingerprint density at radius 1 is 1.50 bits per heavy atom. The Labute approximate surface area is 130 Å². The van der Waals surface area contributed by atoms with Crippen molar-refractivity contribution in [1.82, 2.24) is 9.88 Å². The number of carbonyl (C=O) groups is 1. The molecule has 1 saturated heterocycles. The summed E-state index contributed by atoms with van der Waals surface area (Å²) in [6.45, 7) is 3.14. The third-order valence-corrected chi connectivity index (χ3v) is 4.10. The molecule has 3 rings (SSSR count). The maximum atomic E-state index is 13.9. The normalized spacial score (nSPS) is 18.7. The number of hydrogen-bond acceptors (Lipinski definition) is 3. The number of H-pyrrole nitrogens is 1. The highest BCUT2D eigenvalue weighted by Gasteiger charge is 2.27. The molecule has 0 unspecified atom stereocenters. The predicted molar refractivity (Wildman–Crippen MR) is 80.9 cm³/mol. The highest BCUT2D eigenvalue weighted by molar-refractivity contribution is 6.31. The number of aromatic nitrogens is 1. The molecule has 0 bridgehead atoms. The maximum absolute atomic E-state index is 13.9. The quantitative estimate of drug-likeness (QED) is 0.874. The molecule has 2 heterocycles. The Kier molecular flexibility index (Phi) is 3.88. The van der Waals surface area contributed by atoms with Crippen molar-refractivity contribution in [3.8, 4) is 0 Å². The second kappa shape index (κ2) is 5.70. The third kappa shape index (κ3) is 2.38. The van der Waals surface area contributed by atoms with Gasteiger partial charge in [-0.3, -0.25) is 9.59 Å². The van der Waals surface area contributed by atoms with Gasteiger partial charge in [0.2, 0.25) is 5.43 Å². The molecule has 1 aliphatic heterocycles. The van der Waals surface area contributed by atoms with Gasteiger partial charge in [-0.1, -0.05) is 11.6 Å². The summed E-state index contributed by atoms with van der Waals surface area (Å²) in [7, 11) is 0. The fourth-order valence-electron chi connectivity index (χ4n) is 2.58. The van der Waals surface area contributed by atoms with Gasteiger partial charge in [-0.25, -0.2) is 4.39 Å². The monoisotopic (exact) mass is 324 g/mol. The average Bonchev–Trinajstić information content (AvgIpc) is 2.51. The number of amides is 1. The van der Waals surface area contributed by atoms with Gasteiger partial charge in [-0.2, -0.15) is 0 Å². The Morgan fingerprint density at radius 2 is 2.27 bits per heavy atom. The SMILES string of the molecule is C[C@H]1COCCN1C(=O)c1c[nH]c2c(F)c(Cl)ccc2c1=O. The molecule has 1 fully saturated rings. The summed E-state index contributed by atoms with van der Waals surface area (Å²) in [5, 5.41) is 0.0256. The molecule has 22 heavy (non-hydrogen) atoms. The fraction of sp³-hybridized carbons (Fsp3) is 0.333. The molecule has 1 aromatic heterocycles. The molecule has 1 amide bonds. The van der Waals surface area contributed by atoms with Crippen LogP contribution in [0.4, 0.5) is 4.39 Å². The van der Waals surface area contributed by atoms with Crippen molar-refractivity contribution in [1.29, 1.82) is 0 Å². The Hall–Kier alpha value is -1.92. The van der Waals surface area contributed by atoms with Gasteiger partial charge >= 0.3 is 0 Å².